The third-order valence-corrected chi connectivity index (χ3v) is 4.86. The van der Waals surface area contributed by atoms with Crippen molar-refractivity contribution < 1.29 is 14.6 Å². The third-order valence-electron chi connectivity index (χ3n) is 4.86. The van der Waals surface area contributed by atoms with Gasteiger partial charge >= 0.3 is 5.69 Å². The number of ether oxygens (including phenoxy) is 2. The first-order chi connectivity index (χ1) is 15.2. The van der Waals surface area contributed by atoms with E-state index < -0.39 is 17.4 Å². The molecule has 32 heavy (non-hydrogen) atoms. The van der Waals surface area contributed by atoms with Gasteiger partial charge in [-0.15, -0.1) is 0 Å². The summed E-state index contributed by atoms with van der Waals surface area (Å²) in [5, 5.41) is 14.7. The van der Waals surface area contributed by atoms with Crippen LogP contribution in [-0.4, -0.2) is 55.9 Å². The Bertz CT molecular complexity index is 1220. The summed E-state index contributed by atoms with van der Waals surface area (Å²) in [7, 11) is 4.52. The molecule has 0 aliphatic rings. The third kappa shape index (κ3) is 4.89. The van der Waals surface area contributed by atoms with Gasteiger partial charge in [-0.3, -0.25) is 13.9 Å². The van der Waals surface area contributed by atoms with Crippen molar-refractivity contribution >= 4 is 23.3 Å². The highest BCUT2D eigenvalue weighted by atomic mass is 16.5. The van der Waals surface area contributed by atoms with Gasteiger partial charge in [0.15, 0.2) is 11.2 Å². The summed E-state index contributed by atoms with van der Waals surface area (Å²) in [5.41, 5.74) is 2.99. The summed E-state index contributed by atoms with van der Waals surface area (Å²) < 4.78 is 14.4. The van der Waals surface area contributed by atoms with Gasteiger partial charge in [0.25, 0.3) is 5.56 Å². The minimum atomic E-state index is -0.900. The van der Waals surface area contributed by atoms with Gasteiger partial charge in [0.2, 0.25) is 5.95 Å². The number of nitrogens with one attached hydrogen (secondary N) is 1. The van der Waals surface area contributed by atoms with Gasteiger partial charge in [-0.25, -0.2) is 10.2 Å². The first kappa shape index (κ1) is 23.2. The molecule has 0 bridgehead atoms. The lowest BCUT2D eigenvalue weighted by Gasteiger charge is -2.16. The Morgan fingerprint density at radius 2 is 1.88 bits per heavy atom. The minimum Gasteiger partial charge on any atom is -0.497 e. The number of nitrogens with zero attached hydrogens (tertiary/aromatic N) is 5. The molecule has 1 unspecified atom stereocenters. The predicted molar refractivity (Wildman–Crippen MR) is 122 cm³/mol. The smallest absolute Gasteiger partial charge is 0.332 e. The van der Waals surface area contributed by atoms with Crippen LogP contribution in [0.5, 0.6) is 5.75 Å². The van der Waals surface area contributed by atoms with Crippen molar-refractivity contribution in [2.75, 3.05) is 19.1 Å². The Labute approximate surface area is 184 Å². The largest absolute Gasteiger partial charge is 0.497 e. The van der Waals surface area contributed by atoms with Crippen molar-refractivity contribution in [3.8, 4) is 5.75 Å². The molecule has 172 valence electrons. The van der Waals surface area contributed by atoms with Crippen molar-refractivity contribution in [2.45, 2.75) is 32.6 Å². The molecule has 0 aliphatic carbocycles. The zero-order valence-corrected chi connectivity index (χ0v) is 18.8. The van der Waals surface area contributed by atoms with Crippen molar-refractivity contribution in [1.82, 2.24) is 18.7 Å². The van der Waals surface area contributed by atoms with Crippen molar-refractivity contribution in [1.29, 1.82) is 0 Å². The van der Waals surface area contributed by atoms with Gasteiger partial charge in [0, 0.05) is 14.1 Å². The van der Waals surface area contributed by atoms with E-state index in [9.17, 15) is 14.7 Å². The Morgan fingerprint density at radius 1 is 1.19 bits per heavy atom. The highest BCUT2D eigenvalue weighted by Gasteiger charge is 2.21. The average molecular weight is 444 g/mol. The van der Waals surface area contributed by atoms with Crippen LogP contribution in [0.1, 0.15) is 19.4 Å². The number of benzene rings is 1. The van der Waals surface area contributed by atoms with Gasteiger partial charge in [0.1, 0.15) is 5.75 Å². The molecule has 0 fully saturated rings. The number of aliphatic hydroxyl groups excluding tert-OH is 1. The molecule has 0 saturated heterocycles. The number of hydrogen-bond donors (Lipinski definition) is 2. The maximum absolute atomic E-state index is 12.8. The molecule has 3 aromatic rings. The molecule has 0 aliphatic heterocycles. The molecule has 11 nitrogen and oxygen atoms in total. The van der Waals surface area contributed by atoms with Gasteiger partial charge in [0.05, 0.1) is 38.7 Å². The fourth-order valence-electron chi connectivity index (χ4n) is 3.13. The van der Waals surface area contributed by atoms with Gasteiger partial charge < -0.3 is 19.1 Å². The van der Waals surface area contributed by atoms with E-state index >= 15 is 0 Å². The van der Waals surface area contributed by atoms with E-state index in [1.54, 1.807) is 25.5 Å². The van der Waals surface area contributed by atoms with Crippen LogP contribution in [-0.2, 0) is 25.4 Å². The van der Waals surface area contributed by atoms with Crippen molar-refractivity contribution in [2.24, 2.45) is 19.2 Å². The summed E-state index contributed by atoms with van der Waals surface area (Å²) in [6.45, 7) is 3.84. The van der Waals surface area contributed by atoms with Gasteiger partial charge in [-0.1, -0.05) is 0 Å². The lowest BCUT2D eigenvalue weighted by Crippen LogP contribution is -2.38. The molecule has 2 heterocycles. The maximum Gasteiger partial charge on any atom is 0.332 e. The minimum absolute atomic E-state index is 0.0249. The van der Waals surface area contributed by atoms with Crippen LogP contribution < -0.4 is 21.4 Å². The second-order valence-corrected chi connectivity index (χ2v) is 7.60. The van der Waals surface area contributed by atoms with Crippen molar-refractivity contribution in [3.63, 3.8) is 0 Å². The lowest BCUT2D eigenvalue weighted by molar-refractivity contribution is -0.000109. The Balaban J connectivity index is 1.98. The summed E-state index contributed by atoms with van der Waals surface area (Å²) in [5.74, 6) is 0.943. The average Bonchev–Trinajstić information content (AvgIpc) is 3.13. The molecule has 0 amide bonds. The first-order valence-electron chi connectivity index (χ1n) is 10.1. The summed E-state index contributed by atoms with van der Waals surface area (Å²) >= 11 is 0. The number of aromatic nitrogens is 4. The van der Waals surface area contributed by atoms with Gasteiger partial charge in [-0.05, 0) is 43.7 Å². The number of fused-ring (bicyclic) bond motifs is 1. The van der Waals surface area contributed by atoms with Crippen LogP contribution in [0.15, 0.2) is 39.0 Å². The molecule has 0 saturated carbocycles. The Kier molecular flexibility index (Phi) is 7.11. The fourth-order valence-corrected chi connectivity index (χ4v) is 3.13. The highest BCUT2D eigenvalue weighted by Crippen LogP contribution is 2.17. The monoisotopic (exact) mass is 444 g/mol. The predicted octanol–water partition coefficient (Wildman–Crippen LogP) is 0.674. The summed E-state index contributed by atoms with van der Waals surface area (Å²) in [6.07, 6.45) is 0.630. The molecule has 0 radical (unpaired) electrons. The normalized spacial score (nSPS) is 12.7. The highest BCUT2D eigenvalue weighted by molar-refractivity contribution is 5.80. The number of aliphatic hydroxyl groups is 1. The quantitative estimate of drug-likeness (QED) is 0.367. The molecule has 2 aromatic heterocycles. The number of rotatable bonds is 9. The molecule has 3 rings (SSSR count). The molecule has 1 atom stereocenters. The van der Waals surface area contributed by atoms with Crippen LogP contribution in [0, 0.1) is 0 Å². The number of imidazole rings is 1. The maximum atomic E-state index is 12.8. The Hall–Kier alpha value is -3.44. The van der Waals surface area contributed by atoms with E-state index in [1.807, 2.05) is 26.0 Å². The summed E-state index contributed by atoms with van der Waals surface area (Å²) in [6, 6.07) is 7.28. The second-order valence-electron chi connectivity index (χ2n) is 7.60. The van der Waals surface area contributed by atoms with E-state index in [1.165, 1.54) is 23.2 Å². The van der Waals surface area contributed by atoms with Crippen LogP contribution in [0.2, 0.25) is 0 Å². The van der Waals surface area contributed by atoms with Crippen molar-refractivity contribution in [3.05, 3.63) is 50.7 Å². The molecule has 0 spiro atoms. The van der Waals surface area contributed by atoms with Gasteiger partial charge in [-0.2, -0.15) is 10.1 Å². The first-order valence-corrected chi connectivity index (χ1v) is 10.1. The number of methoxy groups -OCH3 is 1. The molecule has 2 N–H and O–H groups in total. The zero-order valence-electron chi connectivity index (χ0n) is 18.8. The fraction of sp³-hybridized carbons (Fsp3) is 0.429. The number of aryl methyl sites for hydroxylation is 1. The molecule has 11 heteroatoms. The SMILES string of the molecule is COc1ccc(/C=N\Nc2nc3c(c(=O)n(C)c(=O)n3C)n2CC(O)COC(C)C)cc1. The van der Waals surface area contributed by atoms with E-state index in [4.69, 9.17) is 9.47 Å². The van der Waals surface area contributed by atoms with E-state index in [0.717, 1.165) is 15.9 Å². The molecular weight excluding hydrogens is 416 g/mol. The molecule has 1 aromatic carbocycles. The zero-order chi connectivity index (χ0) is 23.4. The lowest BCUT2D eigenvalue weighted by atomic mass is 10.2. The molecular formula is C21H28N6O5. The van der Waals surface area contributed by atoms with Crippen LogP contribution in [0.4, 0.5) is 5.95 Å². The summed E-state index contributed by atoms with van der Waals surface area (Å²) in [4.78, 5) is 29.6. The number of anilines is 1. The topological polar surface area (TPSA) is 125 Å². The van der Waals surface area contributed by atoms with Crippen LogP contribution >= 0.6 is 0 Å². The second kappa shape index (κ2) is 9.79. The van der Waals surface area contributed by atoms with E-state index in [0.29, 0.717) is 0 Å². The van der Waals surface area contributed by atoms with Crippen LogP contribution in [0.25, 0.3) is 11.2 Å². The Morgan fingerprint density at radius 3 is 2.50 bits per heavy atom. The number of hydrogen-bond acceptors (Lipinski definition) is 8. The van der Waals surface area contributed by atoms with E-state index in [2.05, 4.69) is 15.5 Å². The number of hydrazone groups is 1. The van der Waals surface area contributed by atoms with Crippen LogP contribution in [0.3, 0.4) is 0 Å². The standard InChI is InChI=1S/C21H28N6O5/c1-13(2)32-12-15(28)11-27-17-18(25(3)21(30)26(4)19(17)29)23-20(27)24-22-10-14-6-8-16(31-5)9-7-14/h6-10,13,15,28H,11-12H2,1-5H3,(H,23,24)/b22-10-. The van der Waals surface area contributed by atoms with E-state index in [-0.39, 0.29) is 36.4 Å².